The fourth-order valence-electron chi connectivity index (χ4n) is 1.30. The van der Waals surface area contributed by atoms with Gasteiger partial charge in [-0.25, -0.2) is 4.98 Å². The second kappa shape index (κ2) is 4.05. The van der Waals surface area contributed by atoms with Gasteiger partial charge >= 0.3 is 0 Å². The molecule has 0 atom stereocenters. The monoisotopic (exact) mass is 281 g/mol. The van der Waals surface area contributed by atoms with Crippen molar-refractivity contribution in [2.24, 2.45) is 5.73 Å². The maximum Gasteiger partial charge on any atom is 0.251 e. The lowest BCUT2D eigenvalue weighted by molar-refractivity contribution is 0.0999. The Bertz CT molecular complexity index is 571. The van der Waals surface area contributed by atoms with Crippen molar-refractivity contribution in [2.45, 2.75) is 0 Å². The first-order chi connectivity index (χ1) is 7.63. The third kappa shape index (κ3) is 1.71. The van der Waals surface area contributed by atoms with Gasteiger partial charge in [0.25, 0.3) is 5.91 Å². The van der Waals surface area contributed by atoms with Crippen LogP contribution in [0.1, 0.15) is 10.4 Å². The SMILES string of the molecule is COc1ccc2ncc(C(N)=O)c(Br)c2n1. The largest absolute Gasteiger partial charge is 0.481 e. The van der Waals surface area contributed by atoms with Crippen LogP contribution in [0.5, 0.6) is 5.88 Å². The smallest absolute Gasteiger partial charge is 0.251 e. The van der Waals surface area contributed by atoms with E-state index in [0.717, 1.165) is 0 Å². The fourth-order valence-corrected chi connectivity index (χ4v) is 1.89. The molecule has 2 rings (SSSR count). The molecule has 0 aliphatic carbocycles. The summed E-state index contributed by atoms with van der Waals surface area (Å²) in [5.74, 6) is -0.0949. The average Bonchev–Trinajstić information content (AvgIpc) is 2.28. The summed E-state index contributed by atoms with van der Waals surface area (Å²) in [6, 6.07) is 3.46. The first-order valence-corrected chi connectivity index (χ1v) is 5.22. The van der Waals surface area contributed by atoms with Crippen LogP contribution >= 0.6 is 15.9 Å². The molecule has 0 aromatic carbocycles. The van der Waals surface area contributed by atoms with Crippen molar-refractivity contribution in [3.8, 4) is 5.88 Å². The van der Waals surface area contributed by atoms with E-state index in [2.05, 4.69) is 25.9 Å². The maximum atomic E-state index is 11.1. The molecule has 0 saturated heterocycles. The van der Waals surface area contributed by atoms with Crippen LogP contribution < -0.4 is 10.5 Å². The highest BCUT2D eigenvalue weighted by Gasteiger charge is 2.12. The van der Waals surface area contributed by atoms with E-state index in [9.17, 15) is 4.79 Å². The molecule has 16 heavy (non-hydrogen) atoms. The minimum Gasteiger partial charge on any atom is -0.481 e. The van der Waals surface area contributed by atoms with Crippen LogP contribution in [0.25, 0.3) is 11.0 Å². The molecule has 0 bridgehead atoms. The van der Waals surface area contributed by atoms with Gasteiger partial charge in [0.05, 0.1) is 22.7 Å². The summed E-state index contributed by atoms with van der Waals surface area (Å²) >= 11 is 3.29. The lowest BCUT2D eigenvalue weighted by Crippen LogP contribution is -2.12. The first kappa shape index (κ1) is 10.8. The summed E-state index contributed by atoms with van der Waals surface area (Å²) in [5.41, 5.74) is 6.72. The standard InChI is InChI=1S/C10H8BrN3O2/c1-16-7-3-2-6-9(14-7)8(11)5(4-13-6)10(12)15/h2-4H,1H3,(H2,12,15). The Morgan fingerprint density at radius 2 is 2.25 bits per heavy atom. The van der Waals surface area contributed by atoms with Crippen LogP contribution in [0.3, 0.4) is 0 Å². The highest BCUT2D eigenvalue weighted by Crippen LogP contribution is 2.25. The van der Waals surface area contributed by atoms with Gasteiger partial charge in [-0.1, -0.05) is 0 Å². The second-order valence-electron chi connectivity index (χ2n) is 3.07. The number of carbonyl (C=O) groups excluding carboxylic acids is 1. The number of rotatable bonds is 2. The van der Waals surface area contributed by atoms with Crippen molar-refractivity contribution < 1.29 is 9.53 Å². The van der Waals surface area contributed by atoms with Crippen molar-refractivity contribution in [1.29, 1.82) is 0 Å². The highest BCUT2D eigenvalue weighted by molar-refractivity contribution is 9.10. The molecular weight excluding hydrogens is 274 g/mol. The Morgan fingerprint density at radius 3 is 2.88 bits per heavy atom. The number of hydrogen-bond donors (Lipinski definition) is 1. The van der Waals surface area contributed by atoms with E-state index >= 15 is 0 Å². The van der Waals surface area contributed by atoms with Crippen molar-refractivity contribution in [3.05, 3.63) is 28.4 Å². The van der Waals surface area contributed by atoms with Crippen molar-refractivity contribution in [1.82, 2.24) is 9.97 Å². The number of pyridine rings is 2. The molecule has 2 aromatic rings. The van der Waals surface area contributed by atoms with Gasteiger partial charge in [-0.3, -0.25) is 9.78 Å². The zero-order valence-electron chi connectivity index (χ0n) is 8.40. The fraction of sp³-hybridized carbons (Fsp3) is 0.100. The topological polar surface area (TPSA) is 78.1 Å². The summed E-state index contributed by atoms with van der Waals surface area (Å²) < 4.78 is 5.53. The molecule has 0 saturated carbocycles. The van der Waals surface area contributed by atoms with Gasteiger partial charge in [-0.2, -0.15) is 0 Å². The lowest BCUT2D eigenvalue weighted by atomic mass is 10.2. The van der Waals surface area contributed by atoms with Crippen LogP contribution in [0.4, 0.5) is 0 Å². The molecule has 5 nitrogen and oxygen atoms in total. The van der Waals surface area contributed by atoms with Crippen molar-refractivity contribution >= 4 is 32.9 Å². The number of ether oxygens (including phenoxy) is 1. The molecule has 0 aliphatic heterocycles. The number of methoxy groups -OCH3 is 1. The van der Waals surface area contributed by atoms with Crippen LogP contribution in [0.15, 0.2) is 22.8 Å². The molecule has 0 spiro atoms. The average molecular weight is 282 g/mol. The molecule has 0 unspecified atom stereocenters. The van der Waals surface area contributed by atoms with Gasteiger partial charge in [0.15, 0.2) is 0 Å². The molecule has 2 N–H and O–H groups in total. The highest BCUT2D eigenvalue weighted by atomic mass is 79.9. The van der Waals surface area contributed by atoms with Crippen LogP contribution in [0, 0.1) is 0 Å². The summed E-state index contributed by atoms with van der Waals surface area (Å²) in [7, 11) is 1.52. The molecule has 2 heterocycles. The van der Waals surface area contributed by atoms with E-state index in [-0.39, 0.29) is 0 Å². The summed E-state index contributed by atoms with van der Waals surface area (Å²) in [5, 5.41) is 0. The number of hydrogen-bond acceptors (Lipinski definition) is 4. The van der Waals surface area contributed by atoms with Crippen LogP contribution in [-0.4, -0.2) is 23.0 Å². The van der Waals surface area contributed by atoms with Crippen molar-refractivity contribution in [3.63, 3.8) is 0 Å². The van der Waals surface area contributed by atoms with E-state index < -0.39 is 5.91 Å². The maximum absolute atomic E-state index is 11.1. The van der Waals surface area contributed by atoms with Gasteiger partial charge in [-0.05, 0) is 22.0 Å². The molecule has 1 amide bonds. The number of halogens is 1. The minimum absolute atomic E-state index is 0.299. The van der Waals surface area contributed by atoms with Gasteiger partial charge < -0.3 is 10.5 Å². The van der Waals surface area contributed by atoms with Gasteiger partial charge in [0.2, 0.25) is 5.88 Å². The number of aromatic nitrogens is 2. The molecule has 0 fully saturated rings. The number of nitrogens with two attached hydrogens (primary N) is 1. The molecule has 82 valence electrons. The van der Waals surface area contributed by atoms with E-state index in [4.69, 9.17) is 10.5 Å². The zero-order chi connectivity index (χ0) is 11.7. The minimum atomic E-state index is -0.550. The second-order valence-corrected chi connectivity index (χ2v) is 3.86. The van der Waals surface area contributed by atoms with E-state index in [1.54, 1.807) is 12.1 Å². The van der Waals surface area contributed by atoms with Crippen LogP contribution in [-0.2, 0) is 0 Å². The summed E-state index contributed by atoms with van der Waals surface area (Å²) in [4.78, 5) is 19.4. The van der Waals surface area contributed by atoms with Gasteiger partial charge in [0.1, 0.15) is 5.52 Å². The number of carbonyl (C=O) groups is 1. The van der Waals surface area contributed by atoms with Crippen LogP contribution in [0.2, 0.25) is 0 Å². The van der Waals surface area contributed by atoms with E-state index in [1.165, 1.54) is 13.3 Å². The van der Waals surface area contributed by atoms with Gasteiger partial charge in [0, 0.05) is 12.3 Å². The molecule has 6 heteroatoms. The Morgan fingerprint density at radius 1 is 1.50 bits per heavy atom. The molecular formula is C10H8BrN3O2. The number of amides is 1. The quantitative estimate of drug-likeness (QED) is 0.905. The third-order valence-corrected chi connectivity index (χ3v) is 2.90. The predicted octanol–water partition coefficient (Wildman–Crippen LogP) is 1.50. The zero-order valence-corrected chi connectivity index (χ0v) is 9.98. The third-order valence-electron chi connectivity index (χ3n) is 2.10. The first-order valence-electron chi connectivity index (χ1n) is 4.42. The molecule has 0 aliphatic rings. The summed E-state index contributed by atoms with van der Waals surface area (Å²) in [6.07, 6.45) is 1.42. The van der Waals surface area contributed by atoms with Crippen molar-refractivity contribution in [2.75, 3.05) is 7.11 Å². The summed E-state index contributed by atoms with van der Waals surface area (Å²) in [6.45, 7) is 0. The van der Waals surface area contributed by atoms with Gasteiger partial charge in [-0.15, -0.1) is 0 Å². The predicted molar refractivity (Wildman–Crippen MR) is 62.3 cm³/mol. The Kier molecular flexibility index (Phi) is 2.74. The molecule has 0 radical (unpaired) electrons. The van der Waals surface area contributed by atoms with E-state index in [1.807, 2.05) is 0 Å². The molecule has 2 aromatic heterocycles. The number of primary amides is 1. The number of fused-ring (bicyclic) bond motifs is 1. The normalized spacial score (nSPS) is 10.4. The van der Waals surface area contributed by atoms with E-state index in [0.29, 0.717) is 26.9 Å². The lowest BCUT2D eigenvalue weighted by Gasteiger charge is -2.05. The Balaban J connectivity index is 2.75. The Hall–Kier alpha value is -1.69. The number of nitrogens with zero attached hydrogens (tertiary/aromatic N) is 2. The Labute approximate surface area is 99.8 Å².